The van der Waals surface area contributed by atoms with Gasteiger partial charge in [-0.3, -0.25) is 14.5 Å². The minimum atomic E-state index is 0.0416. The number of hydrogen-bond acceptors (Lipinski definition) is 4. The van der Waals surface area contributed by atoms with E-state index < -0.39 is 0 Å². The smallest absolute Gasteiger partial charge is 0.246 e. The number of nitrogens with zero attached hydrogens (tertiary/aromatic N) is 3. The van der Waals surface area contributed by atoms with Crippen molar-refractivity contribution in [3.8, 4) is 0 Å². The van der Waals surface area contributed by atoms with Crippen LogP contribution in [0, 0.1) is 5.92 Å². The number of hydrogen-bond donors (Lipinski definition) is 0. The summed E-state index contributed by atoms with van der Waals surface area (Å²) in [5, 5.41) is 0. The first-order chi connectivity index (χ1) is 12.9. The molecule has 27 heavy (non-hydrogen) atoms. The molecule has 1 saturated carbocycles. The van der Waals surface area contributed by atoms with Crippen LogP contribution in [0.15, 0.2) is 36.2 Å². The molecule has 2 aliphatic heterocycles. The Morgan fingerprint density at radius 3 is 2.48 bits per heavy atom. The molecule has 0 aromatic rings. The number of amides is 1. The van der Waals surface area contributed by atoms with Crippen molar-refractivity contribution in [3.63, 3.8) is 0 Å². The number of ketones is 1. The quantitative estimate of drug-likeness (QED) is 0.646. The molecule has 1 aliphatic carbocycles. The molecule has 0 aromatic carbocycles. The van der Waals surface area contributed by atoms with Gasteiger partial charge in [0.15, 0.2) is 5.78 Å². The summed E-state index contributed by atoms with van der Waals surface area (Å²) in [5.41, 5.74) is 1.51. The fourth-order valence-electron chi connectivity index (χ4n) is 4.19. The number of carbonyl (C=O) groups excluding carboxylic acids is 2. The highest BCUT2D eigenvalue weighted by Crippen LogP contribution is 2.37. The maximum atomic E-state index is 12.8. The number of rotatable bonds is 7. The number of likely N-dealkylation sites (tertiary alicyclic amines) is 1. The van der Waals surface area contributed by atoms with Crippen molar-refractivity contribution < 1.29 is 9.59 Å². The summed E-state index contributed by atoms with van der Waals surface area (Å²) in [6.07, 6.45) is 10.5. The number of piperazine rings is 1. The summed E-state index contributed by atoms with van der Waals surface area (Å²) >= 11 is 0. The van der Waals surface area contributed by atoms with Crippen LogP contribution in [0.5, 0.6) is 0 Å². The van der Waals surface area contributed by atoms with E-state index in [0.29, 0.717) is 24.8 Å². The van der Waals surface area contributed by atoms with Crippen LogP contribution in [0.25, 0.3) is 0 Å². The monoisotopic (exact) mass is 371 g/mol. The van der Waals surface area contributed by atoms with Crippen LogP contribution in [-0.2, 0) is 9.59 Å². The average molecular weight is 372 g/mol. The third-order valence-corrected chi connectivity index (χ3v) is 5.82. The summed E-state index contributed by atoms with van der Waals surface area (Å²) in [6, 6.07) is 0.473. The zero-order chi connectivity index (χ0) is 19.6. The van der Waals surface area contributed by atoms with Crippen LogP contribution >= 0.6 is 0 Å². The van der Waals surface area contributed by atoms with E-state index in [2.05, 4.69) is 17.6 Å². The van der Waals surface area contributed by atoms with Gasteiger partial charge in [-0.15, -0.1) is 0 Å². The third kappa shape index (κ3) is 4.52. The second-order valence-corrected chi connectivity index (χ2v) is 8.13. The van der Waals surface area contributed by atoms with Crippen LogP contribution in [0.4, 0.5) is 0 Å². The molecule has 1 amide bonds. The van der Waals surface area contributed by atoms with E-state index in [-0.39, 0.29) is 17.7 Å². The molecule has 3 fully saturated rings. The number of Topliss-reactive ketones (excluding diaryl/α,β-unsaturated/α-hetero) is 1. The second-order valence-electron chi connectivity index (χ2n) is 8.13. The first-order valence-corrected chi connectivity index (χ1v) is 10.3. The average Bonchev–Trinajstić information content (AvgIpc) is 3.39. The lowest BCUT2D eigenvalue weighted by Gasteiger charge is -2.43. The minimum Gasteiger partial charge on any atom is -0.337 e. The minimum absolute atomic E-state index is 0.0416. The van der Waals surface area contributed by atoms with Gasteiger partial charge in [0.25, 0.3) is 0 Å². The SMILES string of the molecule is C=C1CN(C(=O)/C=C/C(C2CC2)N2CCC2)C[C@H](C)N1/C(=C\CC)C(C)=O. The molecule has 148 valence electrons. The molecular formula is C22H33N3O2. The van der Waals surface area contributed by atoms with E-state index in [1.807, 2.05) is 29.7 Å². The van der Waals surface area contributed by atoms with E-state index in [0.717, 1.165) is 31.1 Å². The molecule has 0 spiro atoms. The number of allylic oxidation sites excluding steroid dienone is 2. The van der Waals surface area contributed by atoms with Gasteiger partial charge in [-0.1, -0.05) is 25.7 Å². The van der Waals surface area contributed by atoms with Crippen LogP contribution in [0.1, 0.15) is 46.5 Å². The topological polar surface area (TPSA) is 43.9 Å². The Kier molecular flexibility index (Phi) is 6.20. The summed E-state index contributed by atoms with van der Waals surface area (Å²) in [5.74, 6) is 0.835. The van der Waals surface area contributed by atoms with E-state index in [1.165, 1.54) is 19.3 Å². The molecule has 1 unspecified atom stereocenters. The second kappa shape index (κ2) is 8.42. The highest BCUT2D eigenvalue weighted by atomic mass is 16.2. The molecule has 0 N–H and O–H groups in total. The zero-order valence-electron chi connectivity index (χ0n) is 17.0. The molecule has 3 rings (SSSR count). The Bertz CT molecular complexity index is 658. The van der Waals surface area contributed by atoms with Crippen molar-refractivity contribution in [2.75, 3.05) is 26.2 Å². The van der Waals surface area contributed by atoms with Crippen molar-refractivity contribution in [2.45, 2.75) is 58.5 Å². The number of carbonyl (C=O) groups is 2. The molecule has 0 aromatic heterocycles. The van der Waals surface area contributed by atoms with Crippen molar-refractivity contribution in [2.24, 2.45) is 5.92 Å². The maximum Gasteiger partial charge on any atom is 0.246 e. The lowest BCUT2D eigenvalue weighted by atomic mass is 10.0. The van der Waals surface area contributed by atoms with Gasteiger partial charge in [0, 0.05) is 37.3 Å². The van der Waals surface area contributed by atoms with Gasteiger partial charge in [0.2, 0.25) is 5.91 Å². The van der Waals surface area contributed by atoms with Gasteiger partial charge in [-0.2, -0.15) is 0 Å². The summed E-state index contributed by atoms with van der Waals surface area (Å²) in [4.78, 5) is 31.2. The molecule has 2 heterocycles. The summed E-state index contributed by atoms with van der Waals surface area (Å²) in [7, 11) is 0. The van der Waals surface area contributed by atoms with Crippen molar-refractivity contribution >= 4 is 11.7 Å². The molecule has 3 aliphatic rings. The fourth-order valence-corrected chi connectivity index (χ4v) is 4.19. The first kappa shape index (κ1) is 19.9. The Hall–Kier alpha value is -1.88. The van der Waals surface area contributed by atoms with Crippen molar-refractivity contribution in [1.82, 2.24) is 14.7 Å². The third-order valence-electron chi connectivity index (χ3n) is 5.82. The predicted molar refractivity (Wildman–Crippen MR) is 108 cm³/mol. The van der Waals surface area contributed by atoms with E-state index in [1.54, 1.807) is 13.0 Å². The fraction of sp³-hybridized carbons (Fsp3) is 0.636. The highest BCUT2D eigenvalue weighted by Gasteiger charge is 2.36. The van der Waals surface area contributed by atoms with E-state index in [9.17, 15) is 9.59 Å². The van der Waals surface area contributed by atoms with E-state index in [4.69, 9.17) is 0 Å². The predicted octanol–water partition coefficient (Wildman–Crippen LogP) is 2.96. The lowest BCUT2D eigenvalue weighted by Crippen LogP contribution is -2.52. The van der Waals surface area contributed by atoms with Crippen LogP contribution in [0.2, 0.25) is 0 Å². The van der Waals surface area contributed by atoms with Crippen molar-refractivity contribution in [3.05, 3.63) is 36.2 Å². The van der Waals surface area contributed by atoms with Crippen LogP contribution in [0.3, 0.4) is 0 Å². The molecule has 0 bridgehead atoms. The molecular weight excluding hydrogens is 338 g/mol. The molecule has 2 saturated heterocycles. The first-order valence-electron chi connectivity index (χ1n) is 10.3. The van der Waals surface area contributed by atoms with Gasteiger partial charge in [-0.05, 0) is 51.6 Å². The Morgan fingerprint density at radius 1 is 1.30 bits per heavy atom. The van der Waals surface area contributed by atoms with Gasteiger partial charge in [-0.25, -0.2) is 0 Å². The largest absolute Gasteiger partial charge is 0.337 e. The van der Waals surface area contributed by atoms with Crippen molar-refractivity contribution in [1.29, 1.82) is 0 Å². The summed E-state index contributed by atoms with van der Waals surface area (Å²) in [6.45, 7) is 13.2. The van der Waals surface area contributed by atoms with Crippen LogP contribution in [-0.4, -0.2) is 64.7 Å². The van der Waals surface area contributed by atoms with Crippen LogP contribution < -0.4 is 0 Å². The lowest BCUT2D eigenvalue weighted by molar-refractivity contribution is -0.127. The molecule has 2 atom stereocenters. The normalized spacial score (nSPS) is 25.7. The van der Waals surface area contributed by atoms with Gasteiger partial charge in [0.05, 0.1) is 12.2 Å². The summed E-state index contributed by atoms with van der Waals surface area (Å²) < 4.78 is 0. The standard InChI is InChI=1S/C22H33N3O2/c1-5-7-20(18(4)26)25-16(2)14-24(15-17(25)3)22(27)11-10-21(19-8-9-19)23-12-6-13-23/h7,10-11,17,19,21H,2,5-6,8-9,12-15H2,1,3-4H3/b11-10+,20-7-/t17-,21?/m0/s1. The van der Waals surface area contributed by atoms with E-state index >= 15 is 0 Å². The molecule has 0 radical (unpaired) electrons. The Balaban J connectivity index is 1.64. The van der Waals surface area contributed by atoms with Gasteiger partial charge >= 0.3 is 0 Å². The molecule has 5 nitrogen and oxygen atoms in total. The Labute approximate surface area is 163 Å². The van der Waals surface area contributed by atoms with Gasteiger partial charge < -0.3 is 9.80 Å². The highest BCUT2D eigenvalue weighted by molar-refractivity contribution is 5.93. The molecule has 5 heteroatoms. The Morgan fingerprint density at radius 2 is 2.00 bits per heavy atom. The maximum absolute atomic E-state index is 12.8. The van der Waals surface area contributed by atoms with Gasteiger partial charge in [0.1, 0.15) is 0 Å². The zero-order valence-corrected chi connectivity index (χ0v) is 17.0.